The lowest BCUT2D eigenvalue weighted by molar-refractivity contribution is -0.138. The minimum Gasteiger partial charge on any atom is -0.481 e. The average Bonchev–Trinajstić information content (AvgIpc) is 1.65. The van der Waals surface area contributed by atoms with Crippen molar-refractivity contribution >= 4 is 129 Å². The molecule has 118 heavy (non-hydrogen) atoms. The Hall–Kier alpha value is -11.9. The lowest BCUT2D eigenvalue weighted by atomic mass is 10.00. The van der Waals surface area contributed by atoms with Crippen LogP contribution in [0, 0.1) is 22.1 Å². The first-order valence-corrected chi connectivity index (χ1v) is 40.5. The first-order chi connectivity index (χ1) is 56.0. The number of carboxylic acids is 1. The molecule has 0 saturated heterocycles. The van der Waals surface area contributed by atoms with Gasteiger partial charge in [-0.3, -0.25) is 88.1 Å². The van der Waals surface area contributed by atoms with Crippen LogP contribution < -0.4 is 120 Å². The number of thioether (sulfide) groups is 1. The molecule has 1 heterocycles. The number of para-hydroxylation sites is 1. The molecule has 0 aliphatic heterocycles. The molecule has 12 atom stereocenters. The van der Waals surface area contributed by atoms with Gasteiger partial charge in [0.2, 0.25) is 82.7 Å². The van der Waals surface area contributed by atoms with Gasteiger partial charge in [-0.25, -0.2) is 0 Å². The Kier molecular flexibility index (Phi) is 46.0. The van der Waals surface area contributed by atoms with E-state index in [1.165, 1.54) is 25.6 Å². The summed E-state index contributed by atoms with van der Waals surface area (Å²) in [7, 11) is 0. The number of hydrogen-bond donors (Lipinski definition) is 27. The van der Waals surface area contributed by atoms with E-state index >= 15 is 0 Å². The number of unbranched alkanes of at least 4 members (excludes halogenated alkanes) is 2. The van der Waals surface area contributed by atoms with Crippen molar-refractivity contribution in [1.82, 2.24) is 84.7 Å². The Morgan fingerprint density at radius 1 is 0.415 bits per heavy atom. The maximum Gasteiger partial charge on any atom is 0.303 e. The Morgan fingerprint density at radius 2 is 0.788 bits per heavy atom. The van der Waals surface area contributed by atoms with Crippen LogP contribution >= 0.6 is 11.8 Å². The second-order valence-electron chi connectivity index (χ2n) is 28.7. The van der Waals surface area contributed by atoms with Crippen molar-refractivity contribution in [2.75, 3.05) is 44.7 Å². The Bertz CT molecular complexity index is 3870. The normalized spacial score (nSPS) is 14.1. The van der Waals surface area contributed by atoms with Gasteiger partial charge in [0.05, 0.1) is 0 Å². The van der Waals surface area contributed by atoms with Crippen LogP contribution in [-0.4, -0.2) is 234 Å². The van der Waals surface area contributed by atoms with Gasteiger partial charge in [-0.1, -0.05) is 62.4 Å². The van der Waals surface area contributed by atoms with E-state index in [9.17, 15) is 77.0 Å². The molecule has 14 amide bonds. The molecule has 42 nitrogen and oxygen atoms in total. The van der Waals surface area contributed by atoms with Crippen molar-refractivity contribution < 1.29 is 77.0 Å². The van der Waals surface area contributed by atoms with E-state index in [4.69, 9.17) is 56.4 Å². The molecule has 0 aliphatic carbocycles. The molecule has 0 fully saturated rings. The van der Waals surface area contributed by atoms with Crippen LogP contribution in [0.3, 0.4) is 0 Å². The summed E-state index contributed by atoms with van der Waals surface area (Å²) in [6.45, 7) is 6.14. The highest BCUT2D eigenvalue weighted by atomic mass is 32.2. The summed E-state index contributed by atoms with van der Waals surface area (Å²) in [4.78, 5) is 211. The summed E-state index contributed by atoms with van der Waals surface area (Å²) >= 11 is 1.30. The third-order valence-corrected chi connectivity index (χ3v) is 19.2. The fourth-order valence-electron chi connectivity index (χ4n) is 12.2. The van der Waals surface area contributed by atoms with Gasteiger partial charge >= 0.3 is 5.97 Å². The van der Waals surface area contributed by atoms with Gasteiger partial charge < -0.3 is 130 Å². The van der Waals surface area contributed by atoms with Crippen molar-refractivity contribution in [2.45, 2.75) is 222 Å². The van der Waals surface area contributed by atoms with Crippen molar-refractivity contribution in [3.63, 3.8) is 0 Å². The molecule has 0 aliphatic rings. The van der Waals surface area contributed by atoms with E-state index in [1.807, 2.05) is 0 Å². The molecule has 3 rings (SSSR count). The molecule has 654 valence electrons. The van der Waals surface area contributed by atoms with Gasteiger partial charge in [-0.15, -0.1) is 0 Å². The minimum absolute atomic E-state index is 0.00946. The summed E-state index contributed by atoms with van der Waals surface area (Å²) in [5.41, 5.74) is 41.2. The zero-order valence-corrected chi connectivity index (χ0v) is 68.3. The predicted octanol–water partition coefficient (Wildman–Crippen LogP) is -5.12. The summed E-state index contributed by atoms with van der Waals surface area (Å²) in [5.74, 6) is -15.2. The molecular weight excluding hydrogens is 1550 g/mol. The number of nitrogens with one attached hydrogen (secondary N) is 19. The quantitative estimate of drug-likeness (QED) is 0.0143. The summed E-state index contributed by atoms with van der Waals surface area (Å²) in [5, 5.41) is 72.3. The molecule has 3 aromatic rings. The standard InChI is InChI=1S/C75H122N26O16S/c1-41(2)60(72(117)99-53(26-17-36-88-75(84)85)64(109)92-48(61(79)106)28-30-59(104)105)101-69(114)50(23-12-14-33-77)94-66(111)52(25-16-35-87-74(82)83)96-68(113)55(31-37-118-5)93-62(107)42(3)90-63(108)51(24-15-34-86-73(80)81)95-65(110)49(22-11-13-32-76)97-71(116)57(39-45-40-89-47-21-10-9-20-46(45)47)100-67(112)54(27-29-58(78)103)98-70(115)56(91-43(4)102)38-44-18-7-6-8-19-44/h6-10,18-21,40-42,48-57,60,89H,11-17,22-39,76-77H2,1-5H3,(H2,78,103)(H2,79,106)(H,90,108)(H,91,102)(H,92,109)(H,93,107)(H,94,111)(H,95,110)(H,96,113)(H,97,116)(H,98,115)(H,99,117)(H,100,112)(H,101,114)(H,104,105)(H4,80,81,86)(H4,82,83,87)(H4,84,85,88)/t42-,48-,49-,50?,51?,52-,53?,54-,55?,56?,57?,60-/m0/s1. The largest absolute Gasteiger partial charge is 0.481 e. The first-order valence-electron chi connectivity index (χ1n) is 39.1. The van der Waals surface area contributed by atoms with Crippen LogP contribution in [0.4, 0.5) is 0 Å². The number of rotatable bonds is 58. The van der Waals surface area contributed by atoms with E-state index in [2.05, 4.69) is 84.7 Å². The van der Waals surface area contributed by atoms with Crippen LogP contribution in [0.1, 0.15) is 148 Å². The summed E-state index contributed by atoms with van der Waals surface area (Å²) in [6, 6.07) is -1.41. The van der Waals surface area contributed by atoms with Crippen LogP contribution in [-0.2, 0) is 84.8 Å². The summed E-state index contributed by atoms with van der Waals surface area (Å²) in [6.07, 6.45) is 2.38. The monoisotopic (exact) mass is 1670 g/mol. The SMILES string of the molecule is CSCCC(NC(=O)[C@H](C)NC(=O)C(CCCNC(=N)N)NC(=O)[C@H](CCCCN)NC(=O)C(Cc1c[nH]c2ccccc12)NC(=O)[C@H](CCC(N)=O)NC(=O)C(Cc1ccccc1)NC(C)=O)C(=O)N[C@@H](CCCNC(=N)N)C(=O)NC(CCCCN)C(=O)N[C@H](C(=O)NC(CCCNC(=N)N)C(=O)N[C@@H](CCC(=O)O)C(N)=O)C(C)C. The fraction of sp³-hybridized carbons (Fsp3) is 0.573. The van der Waals surface area contributed by atoms with Gasteiger partial charge in [-0.2, -0.15) is 11.8 Å². The van der Waals surface area contributed by atoms with E-state index in [0.717, 1.165) is 0 Å². The van der Waals surface area contributed by atoms with E-state index in [0.29, 0.717) is 34.9 Å². The summed E-state index contributed by atoms with van der Waals surface area (Å²) < 4.78 is 0. The molecule has 43 heteroatoms. The molecule has 0 saturated carbocycles. The maximum atomic E-state index is 15.0. The zero-order chi connectivity index (χ0) is 88.0. The lowest BCUT2D eigenvalue weighted by Gasteiger charge is -2.29. The topological polar surface area (TPSA) is 726 Å². The highest BCUT2D eigenvalue weighted by molar-refractivity contribution is 7.98. The Balaban J connectivity index is 2.00. The third-order valence-electron chi connectivity index (χ3n) is 18.6. The number of benzene rings is 2. The molecule has 2 aromatic carbocycles. The van der Waals surface area contributed by atoms with E-state index < -0.39 is 192 Å². The van der Waals surface area contributed by atoms with Crippen LogP contribution in [0.15, 0.2) is 60.8 Å². The number of amides is 14. The van der Waals surface area contributed by atoms with Crippen LogP contribution in [0.5, 0.6) is 0 Å². The second-order valence-corrected chi connectivity index (χ2v) is 29.6. The second kappa shape index (κ2) is 54.1. The van der Waals surface area contributed by atoms with Crippen molar-refractivity contribution in [3.8, 4) is 0 Å². The number of carbonyl (C=O) groups excluding carboxylic acids is 14. The number of hydrogen-bond acceptors (Lipinski definition) is 21. The molecule has 0 bridgehead atoms. The number of primary amides is 2. The third kappa shape index (κ3) is 38.7. The zero-order valence-electron chi connectivity index (χ0n) is 67.5. The Morgan fingerprint density at radius 3 is 1.21 bits per heavy atom. The van der Waals surface area contributed by atoms with Gasteiger partial charge in [-0.05, 0) is 151 Å². The van der Waals surface area contributed by atoms with Crippen molar-refractivity contribution in [2.24, 2.45) is 46.1 Å². The number of nitrogens with two attached hydrogens (primary N) is 7. The molecule has 6 unspecified atom stereocenters. The van der Waals surface area contributed by atoms with Gasteiger partial charge in [0, 0.05) is 69.3 Å². The van der Waals surface area contributed by atoms with E-state index in [-0.39, 0.29) is 141 Å². The molecular formula is C75H122N26O16S. The van der Waals surface area contributed by atoms with E-state index in [1.54, 1.807) is 80.9 Å². The lowest BCUT2D eigenvalue weighted by Crippen LogP contribution is -2.61. The predicted molar refractivity (Wildman–Crippen MR) is 442 cm³/mol. The number of H-pyrrole nitrogens is 1. The van der Waals surface area contributed by atoms with Crippen molar-refractivity contribution in [3.05, 3.63) is 71.9 Å². The number of aliphatic carboxylic acids is 1. The molecule has 34 N–H and O–H groups in total. The maximum absolute atomic E-state index is 15.0. The number of carboxylic acid groups (broad SMARTS) is 1. The van der Waals surface area contributed by atoms with Gasteiger partial charge in [0.15, 0.2) is 17.9 Å². The van der Waals surface area contributed by atoms with Crippen LogP contribution in [0.25, 0.3) is 10.9 Å². The number of carbonyl (C=O) groups is 15. The van der Waals surface area contributed by atoms with Gasteiger partial charge in [0.1, 0.15) is 72.5 Å². The Labute approximate surface area is 689 Å². The number of aromatic amines is 1. The highest BCUT2D eigenvalue weighted by Crippen LogP contribution is 2.21. The fourth-order valence-corrected chi connectivity index (χ4v) is 12.7. The molecule has 0 radical (unpaired) electrons. The smallest absolute Gasteiger partial charge is 0.303 e. The average molecular weight is 1680 g/mol. The minimum atomic E-state index is -1.52. The molecule has 1 aromatic heterocycles. The number of aromatic nitrogens is 1. The number of guanidine groups is 3. The highest BCUT2D eigenvalue weighted by Gasteiger charge is 2.38. The van der Waals surface area contributed by atoms with Crippen LogP contribution in [0.2, 0.25) is 0 Å². The number of fused-ring (bicyclic) bond motifs is 1. The van der Waals surface area contributed by atoms with Crippen molar-refractivity contribution in [1.29, 1.82) is 16.2 Å². The molecule has 0 spiro atoms. The first kappa shape index (κ1) is 100. The van der Waals surface area contributed by atoms with Gasteiger partial charge in [0.25, 0.3) is 0 Å².